The summed E-state index contributed by atoms with van der Waals surface area (Å²) in [7, 11) is -3.68. The van der Waals surface area contributed by atoms with Crippen LogP contribution in [-0.4, -0.2) is 31.5 Å². The number of oxime groups is 1. The third-order valence-corrected chi connectivity index (χ3v) is 4.94. The Balaban J connectivity index is 2.86. The van der Waals surface area contributed by atoms with E-state index in [0.29, 0.717) is 25.3 Å². The second kappa shape index (κ2) is 6.73. The first kappa shape index (κ1) is 17.2. The predicted octanol–water partition coefficient (Wildman–Crippen LogP) is 0.762. The minimum absolute atomic E-state index is 0.0701. The van der Waals surface area contributed by atoms with Crippen LogP contribution in [-0.2, 0) is 10.2 Å². The highest BCUT2D eigenvalue weighted by Crippen LogP contribution is 2.32. The molecular weight excluding hydrogens is 280 g/mol. The third kappa shape index (κ3) is 4.60. The number of amidine groups is 1. The summed E-state index contributed by atoms with van der Waals surface area (Å²) in [6.45, 7) is 6.30. The van der Waals surface area contributed by atoms with E-state index in [9.17, 15) is 8.42 Å². The Morgan fingerprint density at radius 2 is 2.00 bits per heavy atom. The largest absolute Gasteiger partial charge is 0.409 e. The van der Waals surface area contributed by atoms with Crippen molar-refractivity contribution in [3.05, 3.63) is 0 Å². The number of nitrogens with two attached hydrogens (primary N) is 1. The maximum Gasteiger partial charge on any atom is 0.277 e. The molecule has 0 unspecified atom stereocenters. The van der Waals surface area contributed by atoms with E-state index in [1.807, 2.05) is 13.8 Å². The van der Waals surface area contributed by atoms with Crippen molar-refractivity contribution in [2.24, 2.45) is 22.7 Å². The maximum atomic E-state index is 12.1. The lowest BCUT2D eigenvalue weighted by atomic mass is 9.77. The zero-order valence-electron chi connectivity index (χ0n) is 12.4. The molecule has 0 amide bonds. The van der Waals surface area contributed by atoms with Gasteiger partial charge < -0.3 is 10.9 Å². The molecule has 0 atom stereocenters. The quantitative estimate of drug-likeness (QED) is 0.251. The van der Waals surface area contributed by atoms with E-state index in [0.717, 1.165) is 12.8 Å². The van der Waals surface area contributed by atoms with Gasteiger partial charge in [0.25, 0.3) is 10.2 Å². The summed E-state index contributed by atoms with van der Waals surface area (Å²) in [5.41, 5.74) is 4.75. The highest BCUT2D eigenvalue weighted by Gasteiger charge is 2.41. The number of hydrogen-bond donors (Lipinski definition) is 4. The molecule has 118 valence electrons. The zero-order chi connectivity index (χ0) is 15.4. The van der Waals surface area contributed by atoms with E-state index in [1.54, 1.807) is 0 Å². The molecule has 1 aliphatic rings. The Hall–Kier alpha value is -0.860. The molecule has 8 heteroatoms. The summed E-state index contributed by atoms with van der Waals surface area (Å²) >= 11 is 0. The molecule has 1 fully saturated rings. The molecule has 1 rings (SSSR count). The predicted molar refractivity (Wildman–Crippen MR) is 78.7 cm³/mol. The van der Waals surface area contributed by atoms with Gasteiger partial charge in [0.15, 0.2) is 5.84 Å². The van der Waals surface area contributed by atoms with Crippen LogP contribution in [0.3, 0.4) is 0 Å². The van der Waals surface area contributed by atoms with E-state index in [2.05, 4.69) is 21.5 Å². The van der Waals surface area contributed by atoms with E-state index in [4.69, 9.17) is 10.9 Å². The number of hydrogen-bond acceptors (Lipinski definition) is 4. The van der Waals surface area contributed by atoms with Gasteiger partial charge in [-0.3, -0.25) is 0 Å². The lowest BCUT2D eigenvalue weighted by Gasteiger charge is -2.38. The van der Waals surface area contributed by atoms with Crippen molar-refractivity contribution in [3.63, 3.8) is 0 Å². The SMILES string of the molecule is CC(C)CNS(=O)(=O)NC1(C(N)=NO)CCC(C)CC1. The summed E-state index contributed by atoms with van der Waals surface area (Å²) in [6, 6.07) is 0. The molecule has 0 saturated heterocycles. The van der Waals surface area contributed by atoms with Gasteiger partial charge in [-0.2, -0.15) is 13.1 Å². The van der Waals surface area contributed by atoms with Gasteiger partial charge in [-0.05, 0) is 37.5 Å². The van der Waals surface area contributed by atoms with Crippen LogP contribution in [0.4, 0.5) is 0 Å². The number of nitrogens with zero attached hydrogens (tertiary/aromatic N) is 1. The first-order valence-corrected chi connectivity index (χ1v) is 8.45. The lowest BCUT2D eigenvalue weighted by molar-refractivity contribution is 0.266. The molecule has 0 radical (unpaired) electrons. The van der Waals surface area contributed by atoms with Gasteiger partial charge >= 0.3 is 0 Å². The van der Waals surface area contributed by atoms with Crippen LogP contribution in [0.2, 0.25) is 0 Å². The monoisotopic (exact) mass is 306 g/mol. The molecule has 0 spiro atoms. The van der Waals surface area contributed by atoms with Crippen LogP contribution in [0.1, 0.15) is 46.5 Å². The number of nitrogens with one attached hydrogen (secondary N) is 2. The zero-order valence-corrected chi connectivity index (χ0v) is 13.2. The molecule has 0 aliphatic heterocycles. The summed E-state index contributed by atoms with van der Waals surface area (Å²) in [4.78, 5) is 0. The Bertz CT molecular complexity index is 440. The minimum atomic E-state index is -3.68. The van der Waals surface area contributed by atoms with Gasteiger partial charge in [-0.25, -0.2) is 4.72 Å². The first-order chi connectivity index (χ1) is 9.21. The highest BCUT2D eigenvalue weighted by molar-refractivity contribution is 7.87. The van der Waals surface area contributed by atoms with E-state index in [1.165, 1.54) is 0 Å². The first-order valence-electron chi connectivity index (χ1n) is 6.97. The van der Waals surface area contributed by atoms with Crippen LogP contribution in [0, 0.1) is 11.8 Å². The summed E-state index contributed by atoms with van der Waals surface area (Å²) in [6.07, 6.45) is 2.74. The average Bonchev–Trinajstić information content (AvgIpc) is 2.38. The van der Waals surface area contributed by atoms with Crippen LogP contribution in [0.15, 0.2) is 5.16 Å². The molecular formula is C12H26N4O3S. The average molecular weight is 306 g/mol. The molecule has 0 aromatic carbocycles. The molecule has 1 aliphatic carbocycles. The Morgan fingerprint density at radius 1 is 1.45 bits per heavy atom. The van der Waals surface area contributed by atoms with Crippen molar-refractivity contribution in [1.29, 1.82) is 0 Å². The standard InChI is InChI=1S/C12H26N4O3S/c1-9(2)8-14-20(18,19)16-12(11(13)15-17)6-4-10(3)5-7-12/h9-10,14,16-17H,4-8H2,1-3H3,(H2,13,15). The fourth-order valence-corrected chi connectivity index (χ4v) is 3.78. The van der Waals surface area contributed by atoms with Crippen molar-refractivity contribution >= 4 is 16.0 Å². The smallest absolute Gasteiger partial charge is 0.277 e. The molecule has 5 N–H and O–H groups in total. The van der Waals surface area contributed by atoms with Crippen LogP contribution in [0.25, 0.3) is 0 Å². The molecule has 0 heterocycles. The Labute approximate surface area is 121 Å². The van der Waals surface area contributed by atoms with Crippen molar-refractivity contribution < 1.29 is 13.6 Å². The van der Waals surface area contributed by atoms with Crippen molar-refractivity contribution in [1.82, 2.24) is 9.44 Å². The Morgan fingerprint density at radius 3 is 2.45 bits per heavy atom. The second-order valence-electron chi connectivity index (χ2n) is 6.10. The molecule has 0 aromatic rings. The van der Waals surface area contributed by atoms with Crippen LogP contribution < -0.4 is 15.2 Å². The van der Waals surface area contributed by atoms with E-state index < -0.39 is 15.7 Å². The van der Waals surface area contributed by atoms with Crippen LogP contribution >= 0.6 is 0 Å². The van der Waals surface area contributed by atoms with Crippen LogP contribution in [0.5, 0.6) is 0 Å². The maximum absolute atomic E-state index is 12.1. The fraction of sp³-hybridized carbons (Fsp3) is 0.917. The Kier molecular flexibility index (Phi) is 5.79. The third-order valence-electron chi connectivity index (χ3n) is 3.74. The highest BCUT2D eigenvalue weighted by atomic mass is 32.2. The lowest BCUT2D eigenvalue weighted by Crippen LogP contribution is -2.61. The van der Waals surface area contributed by atoms with Crippen molar-refractivity contribution in [2.75, 3.05) is 6.54 Å². The number of rotatable bonds is 6. The normalized spacial score (nSPS) is 28.8. The van der Waals surface area contributed by atoms with E-state index >= 15 is 0 Å². The molecule has 1 saturated carbocycles. The van der Waals surface area contributed by atoms with Crippen molar-refractivity contribution in [2.45, 2.75) is 52.0 Å². The van der Waals surface area contributed by atoms with Gasteiger partial charge in [0, 0.05) is 6.54 Å². The topological polar surface area (TPSA) is 117 Å². The minimum Gasteiger partial charge on any atom is -0.409 e. The summed E-state index contributed by atoms with van der Waals surface area (Å²) in [5.74, 6) is 0.653. The van der Waals surface area contributed by atoms with Gasteiger partial charge in [0.1, 0.15) is 0 Å². The fourth-order valence-electron chi connectivity index (χ4n) is 2.33. The van der Waals surface area contributed by atoms with Gasteiger partial charge in [0.05, 0.1) is 5.54 Å². The van der Waals surface area contributed by atoms with Gasteiger partial charge in [-0.15, -0.1) is 0 Å². The van der Waals surface area contributed by atoms with Gasteiger partial charge in [-0.1, -0.05) is 25.9 Å². The van der Waals surface area contributed by atoms with Crippen molar-refractivity contribution in [3.8, 4) is 0 Å². The molecule has 20 heavy (non-hydrogen) atoms. The molecule has 7 nitrogen and oxygen atoms in total. The van der Waals surface area contributed by atoms with Gasteiger partial charge in [0.2, 0.25) is 0 Å². The summed E-state index contributed by atoms with van der Waals surface area (Å²) < 4.78 is 29.3. The van der Waals surface area contributed by atoms with E-state index in [-0.39, 0.29) is 11.8 Å². The second-order valence-corrected chi connectivity index (χ2v) is 7.60. The summed E-state index contributed by atoms with van der Waals surface area (Å²) in [5, 5.41) is 12.0. The molecule has 0 bridgehead atoms. The molecule has 0 aromatic heterocycles.